The quantitative estimate of drug-likeness (QED) is 0.930. The number of carbonyl (C=O) groups is 2. The monoisotopic (exact) mass is 300 g/mol. The van der Waals surface area contributed by atoms with Crippen molar-refractivity contribution >= 4 is 35.0 Å². The fourth-order valence-corrected chi connectivity index (χ4v) is 2.52. The molecule has 1 N–H and O–H groups in total. The van der Waals surface area contributed by atoms with Crippen molar-refractivity contribution in [2.24, 2.45) is 0 Å². The molecular weight excluding hydrogens is 287 g/mol. The molecule has 1 aliphatic rings. The van der Waals surface area contributed by atoms with Crippen LogP contribution in [0.1, 0.15) is 18.9 Å². The number of halogens is 2. The van der Waals surface area contributed by atoms with Gasteiger partial charge in [-0.2, -0.15) is 0 Å². The smallest absolute Gasteiger partial charge is 0.243 e. The Morgan fingerprint density at radius 1 is 1.37 bits per heavy atom. The van der Waals surface area contributed by atoms with Gasteiger partial charge in [0.1, 0.15) is 6.04 Å². The van der Waals surface area contributed by atoms with E-state index in [9.17, 15) is 9.59 Å². The second kappa shape index (κ2) is 5.80. The second-order valence-corrected chi connectivity index (χ2v) is 5.24. The topological polar surface area (TPSA) is 49.4 Å². The van der Waals surface area contributed by atoms with E-state index in [1.807, 2.05) is 6.92 Å². The van der Waals surface area contributed by atoms with Gasteiger partial charge in [0.15, 0.2) is 0 Å². The number of amides is 2. The van der Waals surface area contributed by atoms with E-state index in [-0.39, 0.29) is 18.4 Å². The number of benzene rings is 1. The lowest BCUT2D eigenvalue weighted by Crippen LogP contribution is -2.57. The molecule has 0 saturated carbocycles. The first-order valence-corrected chi connectivity index (χ1v) is 6.79. The highest BCUT2D eigenvalue weighted by molar-refractivity contribution is 6.33. The van der Waals surface area contributed by atoms with Crippen LogP contribution in [0.25, 0.3) is 0 Å². The molecule has 0 aromatic heterocycles. The predicted octanol–water partition coefficient (Wildman–Crippen LogP) is 2.23. The summed E-state index contributed by atoms with van der Waals surface area (Å²) < 4.78 is 0. The van der Waals surface area contributed by atoms with Crippen LogP contribution >= 0.6 is 23.2 Å². The van der Waals surface area contributed by atoms with E-state index in [0.717, 1.165) is 5.56 Å². The zero-order valence-electron chi connectivity index (χ0n) is 10.5. The first-order valence-electron chi connectivity index (χ1n) is 6.04. The maximum absolute atomic E-state index is 11.9. The summed E-state index contributed by atoms with van der Waals surface area (Å²) in [5, 5.41) is 3.68. The van der Waals surface area contributed by atoms with E-state index >= 15 is 0 Å². The Balaban J connectivity index is 2.26. The molecule has 0 aliphatic carbocycles. The molecule has 102 valence electrons. The van der Waals surface area contributed by atoms with Gasteiger partial charge in [0.05, 0.1) is 6.54 Å². The van der Waals surface area contributed by atoms with Crippen LogP contribution in [-0.4, -0.2) is 29.3 Å². The number of rotatable bonds is 3. The van der Waals surface area contributed by atoms with Crippen LogP contribution in [0.2, 0.25) is 10.0 Å². The lowest BCUT2D eigenvalue weighted by atomic mass is 10.1. The predicted molar refractivity (Wildman–Crippen MR) is 74.1 cm³/mol. The molecule has 1 fully saturated rings. The van der Waals surface area contributed by atoms with Gasteiger partial charge in [0.2, 0.25) is 11.8 Å². The van der Waals surface area contributed by atoms with Crippen molar-refractivity contribution < 1.29 is 9.59 Å². The largest absolute Gasteiger partial charge is 0.345 e. The van der Waals surface area contributed by atoms with Gasteiger partial charge in [-0.15, -0.1) is 0 Å². The maximum Gasteiger partial charge on any atom is 0.243 e. The molecule has 1 aromatic rings. The standard InChI is InChI=1S/C13H14Cl2N2O2/c1-2-11-13(19)16-6-12(18)17(11)7-8-5-9(14)3-4-10(8)15/h3-5,11H,2,6-7H2,1H3,(H,16,19). The van der Waals surface area contributed by atoms with Crippen molar-refractivity contribution in [3.8, 4) is 0 Å². The van der Waals surface area contributed by atoms with Gasteiger partial charge in [0, 0.05) is 16.6 Å². The van der Waals surface area contributed by atoms with Gasteiger partial charge in [-0.3, -0.25) is 9.59 Å². The second-order valence-electron chi connectivity index (χ2n) is 4.40. The van der Waals surface area contributed by atoms with E-state index in [0.29, 0.717) is 23.0 Å². The number of nitrogens with one attached hydrogen (secondary N) is 1. The van der Waals surface area contributed by atoms with Crippen LogP contribution in [-0.2, 0) is 16.1 Å². The maximum atomic E-state index is 11.9. The summed E-state index contributed by atoms with van der Waals surface area (Å²) in [5.41, 5.74) is 0.746. The number of piperazine rings is 1. The third-order valence-electron chi connectivity index (χ3n) is 3.15. The number of hydrogen-bond acceptors (Lipinski definition) is 2. The summed E-state index contributed by atoms with van der Waals surface area (Å²) in [4.78, 5) is 25.3. The molecule has 1 aromatic carbocycles. The van der Waals surface area contributed by atoms with Gasteiger partial charge in [-0.25, -0.2) is 0 Å². The van der Waals surface area contributed by atoms with Crippen molar-refractivity contribution in [3.05, 3.63) is 33.8 Å². The summed E-state index contributed by atoms with van der Waals surface area (Å²) in [6, 6.07) is 4.65. The summed E-state index contributed by atoms with van der Waals surface area (Å²) in [7, 11) is 0. The van der Waals surface area contributed by atoms with Crippen LogP contribution < -0.4 is 5.32 Å². The van der Waals surface area contributed by atoms with Gasteiger partial charge >= 0.3 is 0 Å². The normalized spacial score (nSPS) is 19.5. The van der Waals surface area contributed by atoms with Crippen molar-refractivity contribution in [3.63, 3.8) is 0 Å². The summed E-state index contributed by atoms with van der Waals surface area (Å²) >= 11 is 12.0. The fraction of sp³-hybridized carbons (Fsp3) is 0.385. The SMILES string of the molecule is CCC1C(=O)NCC(=O)N1Cc1cc(Cl)ccc1Cl. The summed E-state index contributed by atoms with van der Waals surface area (Å²) in [6.07, 6.45) is 0.565. The Morgan fingerprint density at radius 3 is 2.79 bits per heavy atom. The first-order chi connectivity index (χ1) is 9.02. The molecule has 1 atom stereocenters. The Kier molecular flexibility index (Phi) is 4.32. The van der Waals surface area contributed by atoms with Gasteiger partial charge < -0.3 is 10.2 Å². The highest BCUT2D eigenvalue weighted by Crippen LogP contribution is 2.24. The zero-order chi connectivity index (χ0) is 14.0. The third kappa shape index (κ3) is 3.01. The Morgan fingerprint density at radius 2 is 2.11 bits per heavy atom. The molecule has 1 heterocycles. The van der Waals surface area contributed by atoms with Gasteiger partial charge in [0.25, 0.3) is 0 Å². The fourth-order valence-electron chi connectivity index (χ4n) is 2.15. The average molecular weight is 301 g/mol. The van der Waals surface area contributed by atoms with Crippen molar-refractivity contribution in [2.75, 3.05) is 6.54 Å². The number of nitrogens with zero attached hydrogens (tertiary/aromatic N) is 1. The Labute approximate surface area is 121 Å². The Hall–Kier alpha value is -1.26. The molecule has 4 nitrogen and oxygen atoms in total. The van der Waals surface area contributed by atoms with Crippen LogP contribution in [0.3, 0.4) is 0 Å². The van der Waals surface area contributed by atoms with E-state index in [2.05, 4.69) is 5.32 Å². The molecule has 1 saturated heterocycles. The van der Waals surface area contributed by atoms with Crippen LogP contribution in [0, 0.1) is 0 Å². The lowest BCUT2D eigenvalue weighted by molar-refractivity contribution is -0.146. The van der Waals surface area contributed by atoms with Crippen LogP contribution in [0.15, 0.2) is 18.2 Å². The van der Waals surface area contributed by atoms with E-state index < -0.39 is 6.04 Å². The molecule has 0 spiro atoms. The van der Waals surface area contributed by atoms with Gasteiger partial charge in [-0.1, -0.05) is 30.1 Å². The number of hydrogen-bond donors (Lipinski definition) is 1. The van der Waals surface area contributed by atoms with Crippen LogP contribution in [0.4, 0.5) is 0 Å². The minimum atomic E-state index is -0.448. The Bertz CT molecular complexity index is 519. The van der Waals surface area contributed by atoms with E-state index in [4.69, 9.17) is 23.2 Å². The lowest BCUT2D eigenvalue weighted by Gasteiger charge is -2.34. The molecule has 2 amide bonds. The molecule has 0 radical (unpaired) electrons. The molecule has 2 rings (SSSR count). The summed E-state index contributed by atoms with van der Waals surface area (Å²) in [5.74, 6) is -0.234. The molecule has 6 heteroatoms. The highest BCUT2D eigenvalue weighted by atomic mass is 35.5. The average Bonchev–Trinajstić information content (AvgIpc) is 2.38. The van der Waals surface area contributed by atoms with E-state index in [1.165, 1.54) is 0 Å². The molecular formula is C13H14Cl2N2O2. The molecule has 1 unspecified atom stereocenters. The van der Waals surface area contributed by atoms with Crippen molar-refractivity contribution in [1.82, 2.24) is 10.2 Å². The van der Waals surface area contributed by atoms with Gasteiger partial charge in [-0.05, 0) is 30.2 Å². The highest BCUT2D eigenvalue weighted by Gasteiger charge is 2.33. The van der Waals surface area contributed by atoms with Crippen LogP contribution in [0.5, 0.6) is 0 Å². The van der Waals surface area contributed by atoms with Crippen molar-refractivity contribution in [1.29, 1.82) is 0 Å². The number of carbonyl (C=O) groups excluding carboxylic acids is 2. The third-order valence-corrected chi connectivity index (χ3v) is 3.75. The molecule has 19 heavy (non-hydrogen) atoms. The minimum absolute atomic E-state index is 0.0352. The zero-order valence-corrected chi connectivity index (χ0v) is 12.0. The first kappa shape index (κ1) is 14.2. The van der Waals surface area contributed by atoms with E-state index in [1.54, 1.807) is 23.1 Å². The molecule has 0 bridgehead atoms. The minimum Gasteiger partial charge on any atom is -0.345 e. The van der Waals surface area contributed by atoms with Crippen molar-refractivity contribution in [2.45, 2.75) is 25.9 Å². The molecule has 1 aliphatic heterocycles. The summed E-state index contributed by atoms with van der Waals surface area (Å²) in [6.45, 7) is 2.20.